The van der Waals surface area contributed by atoms with Gasteiger partial charge >= 0.3 is 0 Å². The SMILES string of the molecule is CC.CC(C)N1CCC(OC2CCN(C)CC2)CC1. The Morgan fingerprint density at radius 1 is 0.842 bits per heavy atom. The Hall–Kier alpha value is -0.120. The van der Waals surface area contributed by atoms with Crippen molar-refractivity contribution in [1.29, 1.82) is 0 Å². The van der Waals surface area contributed by atoms with Crippen LogP contribution in [0.5, 0.6) is 0 Å². The van der Waals surface area contributed by atoms with Crippen LogP contribution in [0.25, 0.3) is 0 Å². The molecule has 19 heavy (non-hydrogen) atoms. The van der Waals surface area contributed by atoms with Gasteiger partial charge < -0.3 is 14.5 Å². The summed E-state index contributed by atoms with van der Waals surface area (Å²) in [6.07, 6.45) is 5.96. The molecule has 0 amide bonds. The summed E-state index contributed by atoms with van der Waals surface area (Å²) in [6, 6.07) is 0.694. The van der Waals surface area contributed by atoms with Crippen molar-refractivity contribution in [3.05, 3.63) is 0 Å². The molecule has 0 aromatic heterocycles. The Morgan fingerprint density at radius 3 is 1.68 bits per heavy atom. The summed E-state index contributed by atoms with van der Waals surface area (Å²) < 4.78 is 6.26. The van der Waals surface area contributed by atoms with Crippen LogP contribution in [0.4, 0.5) is 0 Å². The third kappa shape index (κ3) is 5.80. The molecule has 2 fully saturated rings. The highest BCUT2D eigenvalue weighted by molar-refractivity contribution is 4.77. The fourth-order valence-electron chi connectivity index (χ4n) is 2.92. The molecule has 3 nitrogen and oxygen atoms in total. The number of hydrogen-bond donors (Lipinski definition) is 0. The average molecular weight is 270 g/mol. The van der Waals surface area contributed by atoms with Crippen LogP contribution in [0, 0.1) is 0 Å². The van der Waals surface area contributed by atoms with Crippen molar-refractivity contribution in [3.8, 4) is 0 Å². The summed E-state index contributed by atoms with van der Waals surface area (Å²) in [5, 5.41) is 0. The second kappa shape index (κ2) is 8.93. The molecular formula is C16H34N2O. The second-order valence-electron chi connectivity index (χ2n) is 5.97. The topological polar surface area (TPSA) is 15.7 Å². The molecule has 2 heterocycles. The van der Waals surface area contributed by atoms with Crippen molar-refractivity contribution in [2.75, 3.05) is 33.2 Å². The van der Waals surface area contributed by atoms with Gasteiger partial charge in [0.05, 0.1) is 12.2 Å². The third-order valence-corrected chi connectivity index (χ3v) is 4.26. The Bertz CT molecular complexity index is 217. The van der Waals surface area contributed by atoms with E-state index in [9.17, 15) is 0 Å². The van der Waals surface area contributed by atoms with Crippen LogP contribution < -0.4 is 0 Å². The number of piperidine rings is 2. The standard InChI is InChI=1S/C14H28N2O.C2H6/c1-12(2)16-10-6-14(7-11-16)17-13-4-8-15(3)9-5-13;1-2/h12-14H,4-11H2,1-3H3;1-2H3. The van der Waals surface area contributed by atoms with Crippen molar-refractivity contribution in [1.82, 2.24) is 9.80 Å². The van der Waals surface area contributed by atoms with Crippen LogP contribution in [0.15, 0.2) is 0 Å². The molecule has 3 heteroatoms. The molecule has 2 aliphatic heterocycles. The quantitative estimate of drug-likeness (QED) is 0.784. The van der Waals surface area contributed by atoms with Crippen molar-refractivity contribution >= 4 is 0 Å². The summed E-state index contributed by atoms with van der Waals surface area (Å²) in [7, 11) is 2.21. The van der Waals surface area contributed by atoms with E-state index in [0.717, 1.165) is 0 Å². The molecule has 0 aromatic carbocycles. The number of rotatable bonds is 3. The number of ether oxygens (including phenoxy) is 1. The van der Waals surface area contributed by atoms with Gasteiger partial charge in [0.2, 0.25) is 0 Å². The first-order valence-electron chi connectivity index (χ1n) is 8.23. The Morgan fingerprint density at radius 2 is 1.26 bits per heavy atom. The molecule has 0 aromatic rings. The third-order valence-electron chi connectivity index (χ3n) is 4.26. The second-order valence-corrected chi connectivity index (χ2v) is 5.97. The Balaban J connectivity index is 0.000000861. The lowest BCUT2D eigenvalue weighted by Crippen LogP contribution is -2.43. The molecule has 0 aliphatic carbocycles. The van der Waals surface area contributed by atoms with Gasteiger partial charge in [-0.05, 0) is 46.6 Å². The van der Waals surface area contributed by atoms with E-state index < -0.39 is 0 Å². The summed E-state index contributed by atoms with van der Waals surface area (Å²) in [5.41, 5.74) is 0. The lowest BCUT2D eigenvalue weighted by Gasteiger charge is -2.37. The van der Waals surface area contributed by atoms with Crippen LogP contribution >= 0.6 is 0 Å². The molecular weight excluding hydrogens is 236 g/mol. The van der Waals surface area contributed by atoms with Crippen molar-refractivity contribution in [3.63, 3.8) is 0 Å². The van der Waals surface area contributed by atoms with E-state index in [2.05, 4.69) is 30.7 Å². The number of likely N-dealkylation sites (tertiary alicyclic amines) is 2. The average Bonchev–Trinajstić information content (AvgIpc) is 2.44. The first-order valence-corrected chi connectivity index (χ1v) is 8.23. The Labute approximate surface area is 120 Å². The van der Waals surface area contributed by atoms with Crippen LogP contribution in [-0.2, 0) is 4.74 Å². The molecule has 2 aliphatic rings. The van der Waals surface area contributed by atoms with Crippen LogP contribution in [0.2, 0.25) is 0 Å². The predicted molar refractivity (Wildman–Crippen MR) is 82.7 cm³/mol. The monoisotopic (exact) mass is 270 g/mol. The van der Waals surface area contributed by atoms with E-state index in [4.69, 9.17) is 4.74 Å². The fraction of sp³-hybridized carbons (Fsp3) is 1.00. The van der Waals surface area contributed by atoms with Gasteiger partial charge in [0.1, 0.15) is 0 Å². The summed E-state index contributed by atoms with van der Waals surface area (Å²) in [4.78, 5) is 4.97. The van der Waals surface area contributed by atoms with Gasteiger partial charge in [0.25, 0.3) is 0 Å². The maximum atomic E-state index is 6.26. The molecule has 0 radical (unpaired) electrons. The minimum atomic E-state index is 0.526. The normalized spacial score (nSPS) is 24.3. The fourth-order valence-corrected chi connectivity index (χ4v) is 2.92. The Kier molecular flexibility index (Phi) is 7.96. The van der Waals surface area contributed by atoms with Crippen molar-refractivity contribution in [2.24, 2.45) is 0 Å². The summed E-state index contributed by atoms with van der Waals surface area (Å²) in [6.45, 7) is 13.4. The minimum Gasteiger partial charge on any atom is -0.375 e. The van der Waals surface area contributed by atoms with E-state index >= 15 is 0 Å². The predicted octanol–water partition coefficient (Wildman–Crippen LogP) is 3.00. The molecule has 0 unspecified atom stereocenters. The van der Waals surface area contributed by atoms with Gasteiger partial charge in [0.15, 0.2) is 0 Å². The van der Waals surface area contributed by atoms with E-state index in [1.807, 2.05) is 13.8 Å². The molecule has 2 saturated heterocycles. The lowest BCUT2D eigenvalue weighted by atomic mass is 10.0. The zero-order valence-corrected chi connectivity index (χ0v) is 13.7. The molecule has 0 saturated carbocycles. The van der Waals surface area contributed by atoms with Crippen LogP contribution in [-0.4, -0.2) is 61.3 Å². The summed E-state index contributed by atoms with van der Waals surface area (Å²) >= 11 is 0. The number of hydrogen-bond acceptors (Lipinski definition) is 3. The highest BCUT2D eigenvalue weighted by atomic mass is 16.5. The first-order chi connectivity index (χ1) is 9.15. The van der Waals surface area contributed by atoms with Gasteiger partial charge in [-0.25, -0.2) is 0 Å². The number of nitrogens with zero attached hydrogens (tertiary/aromatic N) is 2. The van der Waals surface area contributed by atoms with Crippen molar-refractivity contribution in [2.45, 2.75) is 71.6 Å². The van der Waals surface area contributed by atoms with E-state index in [0.29, 0.717) is 18.2 Å². The summed E-state index contributed by atoms with van der Waals surface area (Å²) in [5.74, 6) is 0. The molecule has 2 rings (SSSR count). The van der Waals surface area contributed by atoms with Crippen molar-refractivity contribution < 1.29 is 4.74 Å². The minimum absolute atomic E-state index is 0.526. The highest BCUT2D eigenvalue weighted by Gasteiger charge is 2.25. The van der Waals surface area contributed by atoms with Gasteiger partial charge in [-0.15, -0.1) is 0 Å². The molecule has 0 spiro atoms. The molecule has 0 N–H and O–H groups in total. The van der Waals surface area contributed by atoms with Crippen LogP contribution in [0.3, 0.4) is 0 Å². The van der Waals surface area contributed by atoms with E-state index in [-0.39, 0.29) is 0 Å². The van der Waals surface area contributed by atoms with Crippen LogP contribution in [0.1, 0.15) is 53.4 Å². The van der Waals surface area contributed by atoms with Gasteiger partial charge in [-0.3, -0.25) is 0 Å². The lowest BCUT2D eigenvalue weighted by molar-refractivity contribution is -0.0654. The van der Waals surface area contributed by atoms with Gasteiger partial charge in [-0.1, -0.05) is 13.8 Å². The van der Waals surface area contributed by atoms with Gasteiger partial charge in [0, 0.05) is 32.2 Å². The van der Waals surface area contributed by atoms with Gasteiger partial charge in [-0.2, -0.15) is 0 Å². The maximum absolute atomic E-state index is 6.26. The first kappa shape index (κ1) is 16.9. The molecule has 0 atom stereocenters. The zero-order chi connectivity index (χ0) is 14.3. The zero-order valence-electron chi connectivity index (χ0n) is 13.7. The molecule has 0 bridgehead atoms. The smallest absolute Gasteiger partial charge is 0.0603 e. The van der Waals surface area contributed by atoms with E-state index in [1.165, 1.54) is 51.9 Å². The highest BCUT2D eigenvalue weighted by Crippen LogP contribution is 2.21. The maximum Gasteiger partial charge on any atom is 0.0603 e. The van der Waals surface area contributed by atoms with E-state index in [1.54, 1.807) is 0 Å². The largest absolute Gasteiger partial charge is 0.375 e. The molecule has 114 valence electrons.